The van der Waals surface area contributed by atoms with Gasteiger partial charge in [-0.3, -0.25) is 4.90 Å². The molecule has 2 heterocycles. The summed E-state index contributed by atoms with van der Waals surface area (Å²) in [6.07, 6.45) is 0.698. The van der Waals surface area contributed by atoms with Gasteiger partial charge in [-0.05, 0) is 41.2 Å². The second-order valence-corrected chi connectivity index (χ2v) is 11.1. The van der Waals surface area contributed by atoms with E-state index >= 15 is 0 Å². The van der Waals surface area contributed by atoms with Crippen molar-refractivity contribution in [2.24, 2.45) is 0 Å². The number of fused-ring (bicyclic) bond motifs is 1. The van der Waals surface area contributed by atoms with E-state index in [2.05, 4.69) is 42.8 Å². The first kappa shape index (κ1) is 22.0. The Morgan fingerprint density at radius 3 is 2.42 bits per heavy atom. The normalized spacial score (nSPS) is 16.8. The van der Waals surface area contributed by atoms with Crippen molar-refractivity contribution in [1.29, 1.82) is 0 Å². The lowest BCUT2D eigenvalue weighted by Crippen LogP contribution is -2.48. The van der Waals surface area contributed by atoms with Crippen LogP contribution in [0.25, 0.3) is 11.1 Å². The van der Waals surface area contributed by atoms with Gasteiger partial charge >= 0.3 is 0 Å². The SMILES string of the molecule is CCc1ccccc1S(=O)(=O)N1CCN(Cc2nc3cc(C(C)(C)C)ccc3o2)CC1. The van der Waals surface area contributed by atoms with Gasteiger partial charge in [0.05, 0.1) is 11.4 Å². The van der Waals surface area contributed by atoms with Crippen LogP contribution < -0.4 is 0 Å². The van der Waals surface area contributed by atoms with Crippen molar-refractivity contribution in [3.8, 4) is 0 Å². The number of oxazole rings is 1. The molecular formula is C24H31N3O3S. The van der Waals surface area contributed by atoms with Gasteiger partial charge in [0.1, 0.15) is 5.52 Å². The summed E-state index contributed by atoms with van der Waals surface area (Å²) in [6.45, 7) is 11.4. The number of aromatic nitrogens is 1. The van der Waals surface area contributed by atoms with Gasteiger partial charge in [0, 0.05) is 26.2 Å². The van der Waals surface area contributed by atoms with Gasteiger partial charge in [0.2, 0.25) is 15.9 Å². The fourth-order valence-electron chi connectivity index (χ4n) is 4.02. The lowest BCUT2D eigenvalue weighted by Gasteiger charge is -2.33. The smallest absolute Gasteiger partial charge is 0.243 e. The average molecular weight is 442 g/mol. The van der Waals surface area contributed by atoms with E-state index in [9.17, 15) is 8.42 Å². The molecule has 0 amide bonds. The Hall–Kier alpha value is -2.22. The van der Waals surface area contributed by atoms with Gasteiger partial charge in [-0.2, -0.15) is 4.31 Å². The molecule has 0 saturated carbocycles. The average Bonchev–Trinajstić information content (AvgIpc) is 3.15. The summed E-state index contributed by atoms with van der Waals surface area (Å²) in [5.41, 5.74) is 3.82. The number of aryl methyl sites for hydroxylation is 1. The van der Waals surface area contributed by atoms with Gasteiger partial charge in [0.25, 0.3) is 0 Å². The van der Waals surface area contributed by atoms with Gasteiger partial charge in [-0.15, -0.1) is 0 Å². The summed E-state index contributed by atoms with van der Waals surface area (Å²) in [7, 11) is -3.47. The molecule has 1 fully saturated rings. The minimum absolute atomic E-state index is 0.0610. The molecular weight excluding hydrogens is 410 g/mol. The van der Waals surface area contributed by atoms with Gasteiger partial charge in [0.15, 0.2) is 5.58 Å². The van der Waals surface area contributed by atoms with E-state index in [1.165, 1.54) is 5.56 Å². The third-order valence-corrected chi connectivity index (χ3v) is 7.96. The minimum Gasteiger partial charge on any atom is -0.439 e. The van der Waals surface area contributed by atoms with Crippen molar-refractivity contribution in [1.82, 2.24) is 14.2 Å². The molecule has 3 aromatic rings. The topological polar surface area (TPSA) is 66.7 Å². The van der Waals surface area contributed by atoms with Crippen LogP contribution in [0.4, 0.5) is 0 Å². The lowest BCUT2D eigenvalue weighted by molar-refractivity contribution is 0.169. The van der Waals surface area contributed by atoms with Crippen molar-refractivity contribution >= 4 is 21.1 Å². The van der Waals surface area contributed by atoms with Crippen LogP contribution in [0.2, 0.25) is 0 Å². The molecule has 0 N–H and O–H groups in total. The lowest BCUT2D eigenvalue weighted by atomic mass is 9.87. The summed E-state index contributed by atoms with van der Waals surface area (Å²) in [6, 6.07) is 13.5. The Morgan fingerprint density at radius 2 is 1.74 bits per heavy atom. The Kier molecular flexibility index (Phi) is 5.94. The van der Waals surface area contributed by atoms with Gasteiger partial charge in [-0.25, -0.2) is 13.4 Å². The zero-order valence-corrected chi connectivity index (χ0v) is 19.6. The van der Waals surface area contributed by atoms with Crippen molar-refractivity contribution in [3.63, 3.8) is 0 Å². The van der Waals surface area contributed by atoms with Crippen molar-refractivity contribution < 1.29 is 12.8 Å². The zero-order chi connectivity index (χ0) is 22.2. The summed E-state index contributed by atoms with van der Waals surface area (Å²) < 4.78 is 33.8. The summed E-state index contributed by atoms with van der Waals surface area (Å²) >= 11 is 0. The highest BCUT2D eigenvalue weighted by atomic mass is 32.2. The van der Waals surface area contributed by atoms with E-state index < -0.39 is 10.0 Å². The molecule has 2 aromatic carbocycles. The van der Waals surface area contributed by atoms with Crippen LogP contribution in [0.3, 0.4) is 0 Å². The van der Waals surface area contributed by atoms with Crippen LogP contribution in [-0.4, -0.2) is 48.8 Å². The predicted molar refractivity (Wildman–Crippen MR) is 123 cm³/mol. The van der Waals surface area contributed by atoms with E-state index in [4.69, 9.17) is 4.42 Å². The number of sulfonamides is 1. The van der Waals surface area contributed by atoms with Crippen molar-refractivity contribution in [2.75, 3.05) is 26.2 Å². The van der Waals surface area contributed by atoms with E-state index in [0.29, 0.717) is 49.9 Å². The highest BCUT2D eigenvalue weighted by Gasteiger charge is 2.30. The summed E-state index contributed by atoms with van der Waals surface area (Å²) in [5, 5.41) is 0. The quantitative estimate of drug-likeness (QED) is 0.594. The molecule has 0 atom stereocenters. The Labute approximate surface area is 184 Å². The zero-order valence-electron chi connectivity index (χ0n) is 18.8. The molecule has 6 nitrogen and oxygen atoms in total. The van der Waals surface area contributed by atoms with Crippen LogP contribution in [0.15, 0.2) is 51.8 Å². The minimum atomic E-state index is -3.47. The molecule has 0 aliphatic carbocycles. The molecule has 0 unspecified atom stereocenters. The first-order chi connectivity index (χ1) is 14.7. The first-order valence-electron chi connectivity index (χ1n) is 10.9. The van der Waals surface area contributed by atoms with E-state index in [0.717, 1.165) is 16.7 Å². The van der Waals surface area contributed by atoms with Crippen LogP contribution in [0.1, 0.15) is 44.7 Å². The Bertz CT molecular complexity index is 1170. The Morgan fingerprint density at radius 1 is 1.03 bits per heavy atom. The predicted octanol–water partition coefficient (Wildman–Crippen LogP) is 4.19. The maximum Gasteiger partial charge on any atom is 0.243 e. The fourth-order valence-corrected chi connectivity index (χ4v) is 5.73. The maximum absolute atomic E-state index is 13.1. The highest BCUT2D eigenvalue weighted by molar-refractivity contribution is 7.89. The first-order valence-corrected chi connectivity index (χ1v) is 12.3. The number of hydrogen-bond donors (Lipinski definition) is 0. The molecule has 0 spiro atoms. The van der Waals surface area contributed by atoms with Crippen LogP contribution in [-0.2, 0) is 28.4 Å². The molecule has 1 aromatic heterocycles. The second-order valence-electron chi connectivity index (χ2n) is 9.18. The van der Waals surface area contributed by atoms with Gasteiger partial charge in [-0.1, -0.05) is 52.0 Å². The summed E-state index contributed by atoms with van der Waals surface area (Å²) in [4.78, 5) is 7.31. The van der Waals surface area contributed by atoms with Crippen LogP contribution in [0.5, 0.6) is 0 Å². The number of benzene rings is 2. The largest absolute Gasteiger partial charge is 0.439 e. The molecule has 1 saturated heterocycles. The monoisotopic (exact) mass is 441 g/mol. The third kappa shape index (κ3) is 4.54. The number of hydrogen-bond acceptors (Lipinski definition) is 5. The van der Waals surface area contributed by atoms with Crippen molar-refractivity contribution in [2.45, 2.75) is 51.0 Å². The molecule has 0 bridgehead atoms. The fraction of sp³-hybridized carbons (Fsp3) is 0.458. The van der Waals surface area contributed by atoms with Crippen LogP contribution in [0, 0.1) is 0 Å². The number of piperazine rings is 1. The molecule has 7 heteroatoms. The van der Waals surface area contributed by atoms with E-state index in [1.54, 1.807) is 16.4 Å². The summed E-state index contributed by atoms with van der Waals surface area (Å²) in [5.74, 6) is 0.675. The number of nitrogens with zero attached hydrogens (tertiary/aromatic N) is 3. The third-order valence-electron chi connectivity index (χ3n) is 5.96. The molecule has 1 aliphatic heterocycles. The molecule has 1 aliphatic rings. The molecule has 0 radical (unpaired) electrons. The van der Waals surface area contributed by atoms with E-state index in [1.807, 2.05) is 25.1 Å². The maximum atomic E-state index is 13.1. The molecule has 166 valence electrons. The number of rotatable bonds is 5. The Balaban J connectivity index is 1.43. The molecule has 4 rings (SSSR count). The van der Waals surface area contributed by atoms with Crippen molar-refractivity contribution in [3.05, 3.63) is 59.5 Å². The van der Waals surface area contributed by atoms with Crippen LogP contribution >= 0.6 is 0 Å². The molecule has 31 heavy (non-hydrogen) atoms. The van der Waals surface area contributed by atoms with E-state index in [-0.39, 0.29) is 5.41 Å². The second kappa shape index (κ2) is 8.37. The standard InChI is InChI=1S/C24H31N3O3S/c1-5-18-8-6-7-9-22(18)31(28,29)27-14-12-26(13-15-27)17-23-25-20-16-19(24(2,3)4)10-11-21(20)30-23/h6-11,16H,5,12-15,17H2,1-4H3. The highest BCUT2D eigenvalue weighted by Crippen LogP contribution is 2.27. The van der Waals surface area contributed by atoms with Gasteiger partial charge < -0.3 is 4.42 Å².